The molecule has 158 valence electrons. The van der Waals surface area contributed by atoms with Crippen LogP contribution >= 0.6 is 0 Å². The van der Waals surface area contributed by atoms with E-state index in [1.165, 1.54) is 0 Å². The van der Waals surface area contributed by atoms with Crippen LogP contribution in [-0.2, 0) is 12.5 Å². The van der Waals surface area contributed by atoms with Crippen molar-refractivity contribution in [1.82, 2.24) is 15.1 Å². The van der Waals surface area contributed by atoms with Crippen molar-refractivity contribution < 1.29 is 60.8 Å². The van der Waals surface area contributed by atoms with Gasteiger partial charge in [0.1, 0.15) is 12.7 Å². The molecular weight excluding hydrogens is 415 g/mol. The maximum Gasteiger partial charge on any atom is 1.00 e. The van der Waals surface area contributed by atoms with Crippen LogP contribution < -0.4 is 62.0 Å². The zero-order chi connectivity index (χ0) is 21.9. The largest absolute Gasteiger partial charge is 1.00 e. The summed E-state index contributed by atoms with van der Waals surface area (Å²) in [5.74, 6) is -0.182. The van der Waals surface area contributed by atoms with Crippen LogP contribution in [0, 0.1) is 12.7 Å². The van der Waals surface area contributed by atoms with Crippen LogP contribution in [0.1, 0.15) is 55.5 Å². The molecule has 2 aromatic rings. The van der Waals surface area contributed by atoms with E-state index in [-0.39, 0.29) is 68.7 Å². The first-order valence-electron chi connectivity index (χ1n) is 9.91. The third kappa shape index (κ3) is 6.88. The fourth-order valence-corrected chi connectivity index (χ4v) is 2.95. The molecule has 2 N–H and O–H groups in total. The number of anilines is 1. The molecule has 0 bridgehead atoms. The predicted molar refractivity (Wildman–Crippen MR) is 120 cm³/mol. The third-order valence-electron chi connectivity index (χ3n) is 4.78. The summed E-state index contributed by atoms with van der Waals surface area (Å²) < 4.78 is 3.57. The molecule has 2 heterocycles. The van der Waals surface area contributed by atoms with E-state index in [1.54, 1.807) is 17.9 Å². The molecule has 1 aliphatic heterocycles. The summed E-state index contributed by atoms with van der Waals surface area (Å²) in [7, 11) is 3.74. The van der Waals surface area contributed by atoms with Crippen LogP contribution in [0.25, 0.3) is 0 Å². The molecule has 1 atom stereocenters. The van der Waals surface area contributed by atoms with Gasteiger partial charge in [0.2, 0.25) is 0 Å². The summed E-state index contributed by atoms with van der Waals surface area (Å²) in [4.78, 5) is 17.0. The van der Waals surface area contributed by atoms with E-state index in [0.29, 0.717) is 5.69 Å². The van der Waals surface area contributed by atoms with Gasteiger partial charge in [-0.1, -0.05) is 32.9 Å². The fraction of sp³-hybridized carbons (Fsp3) is 0.348. The molecule has 1 amide bonds. The van der Waals surface area contributed by atoms with Crippen LogP contribution in [0.3, 0.4) is 0 Å². The number of aromatic nitrogens is 2. The Bertz CT molecular complexity index is 1030. The van der Waals surface area contributed by atoms with Crippen molar-refractivity contribution in [3.05, 3.63) is 66.2 Å². The van der Waals surface area contributed by atoms with Crippen molar-refractivity contribution in [2.24, 2.45) is 12.0 Å². The second kappa shape index (κ2) is 10.7. The van der Waals surface area contributed by atoms with Crippen LogP contribution in [0.2, 0.25) is 0 Å². The number of benzene rings is 1. The molecule has 0 saturated carbocycles. The number of aliphatic imine (C=N–C) groups is 1. The molecule has 0 spiro atoms. The van der Waals surface area contributed by atoms with Gasteiger partial charge in [-0.25, -0.2) is 0 Å². The summed E-state index contributed by atoms with van der Waals surface area (Å²) >= 11 is 0. The number of nitrogens with one attached hydrogen (secondary N) is 2. The molecule has 1 unspecified atom stereocenters. The molecule has 0 saturated heterocycles. The van der Waals surface area contributed by atoms with Crippen LogP contribution in [-0.4, -0.2) is 39.2 Å². The van der Waals surface area contributed by atoms with Crippen LogP contribution in [0.4, 0.5) is 5.69 Å². The van der Waals surface area contributed by atoms with E-state index >= 15 is 0 Å². The van der Waals surface area contributed by atoms with Crippen LogP contribution in [0.5, 0.6) is 0 Å². The van der Waals surface area contributed by atoms with Crippen molar-refractivity contribution in [2.45, 2.75) is 39.2 Å². The summed E-state index contributed by atoms with van der Waals surface area (Å²) in [5.41, 5.74) is 3.97. The first kappa shape index (κ1) is 25.5. The molecule has 1 aliphatic rings. The minimum atomic E-state index is -0.182. The summed E-state index contributed by atoms with van der Waals surface area (Å²) in [6.07, 6.45) is 6.54. The average Bonchev–Trinajstić information content (AvgIpc) is 3.06. The predicted octanol–water partition coefficient (Wildman–Crippen LogP) is 0.228. The second-order valence-electron chi connectivity index (χ2n) is 8.49. The number of carbonyl (C=O) groups is 1. The Labute approximate surface area is 227 Å². The molecule has 3 rings (SSSR count). The number of amides is 1. The van der Waals surface area contributed by atoms with E-state index in [1.807, 2.05) is 61.6 Å². The van der Waals surface area contributed by atoms with Gasteiger partial charge in [0, 0.05) is 24.2 Å². The number of hydrogen-bond donors (Lipinski definition) is 2. The van der Waals surface area contributed by atoms with Crippen LogP contribution in [0.15, 0.2) is 41.5 Å². The number of aryl methyl sites for hydroxylation is 1. The molecule has 0 aliphatic carbocycles. The summed E-state index contributed by atoms with van der Waals surface area (Å²) in [6, 6.07) is 9.61. The van der Waals surface area contributed by atoms with Crippen molar-refractivity contribution in [3.63, 3.8) is 0 Å². The Morgan fingerprint density at radius 2 is 2.06 bits per heavy atom. The Balaban J connectivity index is 0.00000341. The average molecular weight is 445 g/mol. The minimum Gasteiger partial charge on any atom is -0.560 e. The number of hydrogen-bond acceptors (Lipinski definition) is 4. The monoisotopic (exact) mass is 444 g/mol. The molecule has 0 fully saturated rings. The molecule has 1 aromatic carbocycles. The Morgan fingerprint density at radius 3 is 2.68 bits per heavy atom. The molecule has 8 heteroatoms. The van der Waals surface area contributed by atoms with Crippen molar-refractivity contribution >= 4 is 23.5 Å². The Kier molecular flexibility index (Phi) is 8.85. The van der Waals surface area contributed by atoms with E-state index < -0.39 is 0 Å². The SMILES string of the molecule is CC(N[C-]=CN=C1C=[N+](C)[CH-]1)c1cccc(NC(=O)c2cc(C(C)(C)C)nn2C)c1.[K+]. The third-order valence-corrected chi connectivity index (χ3v) is 4.78. The second-order valence-corrected chi connectivity index (χ2v) is 8.49. The minimum absolute atomic E-state index is 0. The maximum atomic E-state index is 12.8. The Hall–Kier alpha value is -1.71. The first-order chi connectivity index (χ1) is 14.1. The quantitative estimate of drug-likeness (QED) is 0.290. The van der Waals surface area contributed by atoms with Gasteiger partial charge >= 0.3 is 51.4 Å². The normalized spacial score (nSPS) is 15.5. The van der Waals surface area contributed by atoms with Gasteiger partial charge < -0.3 is 26.4 Å². The standard InChI is InChI=1S/C23H29N6O.K/c1-16(24-10-11-25-19-14-28(5)15-19)17-8-7-9-18(12-17)26-22(30)20-13-21(23(2,3)4)27-29(20)6;/h7-9,11-16,24H,1-6H3,(H,26,30);/q-1;+1. The first-order valence-corrected chi connectivity index (χ1v) is 9.91. The summed E-state index contributed by atoms with van der Waals surface area (Å²) in [6.45, 7) is 10.2. The molecular formula is C23H29KN6O. The number of rotatable bonds is 6. The molecule has 7 nitrogen and oxygen atoms in total. The van der Waals surface area contributed by atoms with Gasteiger partial charge in [0.05, 0.1) is 24.2 Å². The van der Waals surface area contributed by atoms with E-state index in [4.69, 9.17) is 0 Å². The zero-order valence-corrected chi connectivity index (χ0v) is 22.5. The Morgan fingerprint density at radius 1 is 1.35 bits per heavy atom. The summed E-state index contributed by atoms with van der Waals surface area (Å²) in [5, 5.41) is 10.6. The van der Waals surface area contributed by atoms with Crippen molar-refractivity contribution in [2.75, 3.05) is 12.4 Å². The van der Waals surface area contributed by atoms with Gasteiger partial charge in [-0.05, 0) is 30.7 Å². The molecule has 0 radical (unpaired) electrons. The van der Waals surface area contributed by atoms with Gasteiger partial charge in [-0.15, -0.1) is 6.20 Å². The van der Waals surface area contributed by atoms with Gasteiger partial charge in [-0.3, -0.25) is 9.48 Å². The topological polar surface area (TPSA) is 74.3 Å². The van der Waals surface area contributed by atoms with E-state index in [0.717, 1.165) is 22.7 Å². The molecule has 1 aromatic heterocycles. The number of carbonyl (C=O) groups excluding carboxylic acids is 1. The zero-order valence-electron chi connectivity index (χ0n) is 19.4. The van der Waals surface area contributed by atoms with Crippen molar-refractivity contribution in [1.29, 1.82) is 0 Å². The number of nitrogens with zero attached hydrogens (tertiary/aromatic N) is 4. The van der Waals surface area contributed by atoms with Gasteiger partial charge in [0.25, 0.3) is 5.91 Å². The smallest absolute Gasteiger partial charge is 0.560 e. The van der Waals surface area contributed by atoms with E-state index in [2.05, 4.69) is 47.7 Å². The van der Waals surface area contributed by atoms with Gasteiger partial charge in [-0.2, -0.15) is 5.10 Å². The fourth-order valence-electron chi connectivity index (χ4n) is 2.95. The molecule has 31 heavy (non-hydrogen) atoms. The van der Waals surface area contributed by atoms with Crippen molar-refractivity contribution in [3.8, 4) is 0 Å². The van der Waals surface area contributed by atoms with Gasteiger partial charge in [0.15, 0.2) is 0 Å². The maximum absolute atomic E-state index is 12.8. The van der Waals surface area contributed by atoms with E-state index in [9.17, 15) is 4.79 Å².